The third-order valence-corrected chi connectivity index (χ3v) is 5.16. The van der Waals surface area contributed by atoms with E-state index < -0.39 is 0 Å². The fraction of sp³-hybridized carbons (Fsp3) is 0.174. The molecule has 5 rings (SSSR count). The van der Waals surface area contributed by atoms with Gasteiger partial charge in [0.1, 0.15) is 5.82 Å². The molecule has 1 aliphatic carbocycles. The summed E-state index contributed by atoms with van der Waals surface area (Å²) >= 11 is 0. The van der Waals surface area contributed by atoms with Gasteiger partial charge in [0.25, 0.3) is 0 Å². The first-order valence-corrected chi connectivity index (χ1v) is 9.49. The molecule has 1 aliphatic rings. The molecule has 0 spiro atoms. The van der Waals surface area contributed by atoms with Crippen LogP contribution in [0.2, 0.25) is 0 Å². The van der Waals surface area contributed by atoms with E-state index in [4.69, 9.17) is 4.98 Å². The lowest BCUT2D eigenvalue weighted by Crippen LogP contribution is -2.07. The maximum Gasteiger partial charge on any atom is 0.157 e. The quantitative estimate of drug-likeness (QED) is 0.554. The van der Waals surface area contributed by atoms with E-state index >= 15 is 0 Å². The molecule has 28 heavy (non-hydrogen) atoms. The predicted molar refractivity (Wildman–Crippen MR) is 109 cm³/mol. The van der Waals surface area contributed by atoms with Gasteiger partial charge >= 0.3 is 0 Å². The molecule has 136 valence electrons. The Balaban J connectivity index is 1.37. The minimum absolute atomic E-state index is 0.597. The first-order chi connectivity index (χ1) is 13.8. The standard InChI is InChI=1S/C23H19N5/c24-14-19-3-1-2-4-20(19)17-7-5-16(6-8-17)15-25-23-13-21(18-9-10-18)27-22-11-12-26-28(22)23/h1-8,11-13,18,25H,9-10,15H2. The molecule has 0 bridgehead atoms. The fourth-order valence-corrected chi connectivity index (χ4v) is 3.47. The fourth-order valence-electron chi connectivity index (χ4n) is 3.47. The highest BCUT2D eigenvalue weighted by atomic mass is 15.3. The van der Waals surface area contributed by atoms with Gasteiger partial charge in [0.2, 0.25) is 0 Å². The van der Waals surface area contributed by atoms with Gasteiger partial charge in [0, 0.05) is 30.3 Å². The van der Waals surface area contributed by atoms with Gasteiger partial charge in [0.05, 0.1) is 17.8 Å². The zero-order valence-corrected chi connectivity index (χ0v) is 15.3. The number of nitriles is 1. The van der Waals surface area contributed by atoms with Crippen molar-refractivity contribution in [1.29, 1.82) is 5.26 Å². The van der Waals surface area contributed by atoms with E-state index in [-0.39, 0.29) is 0 Å². The smallest absolute Gasteiger partial charge is 0.157 e. The summed E-state index contributed by atoms with van der Waals surface area (Å²) in [6.45, 7) is 0.698. The average molecular weight is 365 g/mol. The summed E-state index contributed by atoms with van der Waals surface area (Å²) in [4.78, 5) is 4.71. The highest BCUT2D eigenvalue weighted by Gasteiger charge is 2.26. The number of rotatable bonds is 5. The van der Waals surface area contributed by atoms with Crippen LogP contribution in [0.15, 0.2) is 66.9 Å². The molecule has 0 unspecified atom stereocenters. The lowest BCUT2D eigenvalue weighted by Gasteiger charge is -2.11. The van der Waals surface area contributed by atoms with E-state index in [9.17, 15) is 5.26 Å². The molecule has 2 heterocycles. The van der Waals surface area contributed by atoms with Crippen molar-refractivity contribution in [3.8, 4) is 17.2 Å². The van der Waals surface area contributed by atoms with Crippen molar-refractivity contribution >= 4 is 11.5 Å². The lowest BCUT2D eigenvalue weighted by molar-refractivity contribution is 0.899. The van der Waals surface area contributed by atoms with E-state index in [1.165, 1.54) is 18.4 Å². The van der Waals surface area contributed by atoms with Crippen LogP contribution >= 0.6 is 0 Å². The van der Waals surface area contributed by atoms with E-state index in [1.807, 2.05) is 34.8 Å². The molecule has 0 atom stereocenters. The third-order valence-electron chi connectivity index (χ3n) is 5.16. The second kappa shape index (κ2) is 6.82. The van der Waals surface area contributed by atoms with Gasteiger partial charge in [-0.1, -0.05) is 42.5 Å². The third kappa shape index (κ3) is 3.10. The van der Waals surface area contributed by atoms with Gasteiger partial charge in [-0.05, 0) is 35.6 Å². The van der Waals surface area contributed by atoms with Crippen LogP contribution < -0.4 is 5.32 Å². The Morgan fingerprint density at radius 3 is 2.68 bits per heavy atom. The lowest BCUT2D eigenvalue weighted by atomic mass is 9.99. The normalized spacial score (nSPS) is 13.4. The molecule has 1 N–H and O–H groups in total. The maximum absolute atomic E-state index is 9.31. The molecular formula is C23H19N5. The Kier molecular flexibility index (Phi) is 4.02. The topological polar surface area (TPSA) is 66.0 Å². The summed E-state index contributed by atoms with van der Waals surface area (Å²) in [7, 11) is 0. The number of nitrogens with zero attached hydrogens (tertiary/aromatic N) is 4. The summed E-state index contributed by atoms with van der Waals surface area (Å²) in [6, 6.07) is 22.3. The van der Waals surface area contributed by atoms with Crippen molar-refractivity contribution in [2.75, 3.05) is 5.32 Å². The molecule has 0 saturated heterocycles. The second-order valence-corrected chi connectivity index (χ2v) is 7.15. The summed E-state index contributed by atoms with van der Waals surface area (Å²) in [6.07, 6.45) is 4.23. The molecule has 4 aromatic rings. The number of hydrogen-bond acceptors (Lipinski definition) is 4. The van der Waals surface area contributed by atoms with Gasteiger partial charge in [-0.15, -0.1) is 0 Å². The first kappa shape index (κ1) is 16.5. The van der Waals surface area contributed by atoms with Crippen molar-refractivity contribution in [3.05, 3.63) is 83.7 Å². The molecule has 1 saturated carbocycles. The largest absolute Gasteiger partial charge is 0.366 e. The second-order valence-electron chi connectivity index (χ2n) is 7.15. The van der Waals surface area contributed by atoms with Crippen LogP contribution in [0.3, 0.4) is 0 Å². The van der Waals surface area contributed by atoms with Crippen LogP contribution in [0.25, 0.3) is 16.8 Å². The van der Waals surface area contributed by atoms with Crippen LogP contribution in [-0.2, 0) is 6.54 Å². The van der Waals surface area contributed by atoms with E-state index in [1.54, 1.807) is 6.20 Å². The summed E-state index contributed by atoms with van der Waals surface area (Å²) < 4.78 is 1.85. The summed E-state index contributed by atoms with van der Waals surface area (Å²) in [5, 5.41) is 17.2. The minimum atomic E-state index is 0.597. The molecule has 5 nitrogen and oxygen atoms in total. The van der Waals surface area contributed by atoms with E-state index in [0.29, 0.717) is 18.0 Å². The van der Waals surface area contributed by atoms with Crippen molar-refractivity contribution in [2.24, 2.45) is 0 Å². The van der Waals surface area contributed by atoms with Crippen LogP contribution in [-0.4, -0.2) is 14.6 Å². The van der Waals surface area contributed by atoms with Crippen molar-refractivity contribution < 1.29 is 0 Å². The number of hydrogen-bond donors (Lipinski definition) is 1. The van der Waals surface area contributed by atoms with Crippen LogP contribution in [0, 0.1) is 11.3 Å². The van der Waals surface area contributed by atoms with Crippen molar-refractivity contribution in [1.82, 2.24) is 14.6 Å². The van der Waals surface area contributed by atoms with E-state index in [2.05, 4.69) is 46.8 Å². The Hall–Kier alpha value is -3.65. The Bertz CT molecular complexity index is 1180. The molecule has 5 heteroatoms. The summed E-state index contributed by atoms with van der Waals surface area (Å²) in [5.74, 6) is 1.57. The van der Waals surface area contributed by atoms with Crippen molar-refractivity contribution in [3.63, 3.8) is 0 Å². The van der Waals surface area contributed by atoms with Crippen LogP contribution in [0.1, 0.15) is 35.6 Å². The molecule has 2 aromatic heterocycles. The summed E-state index contributed by atoms with van der Waals surface area (Å²) in [5.41, 5.74) is 5.91. The maximum atomic E-state index is 9.31. The van der Waals surface area contributed by atoms with Crippen molar-refractivity contribution in [2.45, 2.75) is 25.3 Å². The van der Waals surface area contributed by atoms with Gasteiger partial charge in [-0.3, -0.25) is 0 Å². The zero-order chi connectivity index (χ0) is 18.9. The SMILES string of the molecule is N#Cc1ccccc1-c1ccc(CNc2cc(C3CC3)nc3ccnn23)cc1. The first-order valence-electron chi connectivity index (χ1n) is 9.49. The van der Waals surface area contributed by atoms with Gasteiger partial charge in [-0.2, -0.15) is 14.9 Å². The molecule has 0 amide bonds. The molecular weight excluding hydrogens is 346 g/mol. The monoisotopic (exact) mass is 365 g/mol. The Morgan fingerprint density at radius 1 is 1.07 bits per heavy atom. The average Bonchev–Trinajstić information content (AvgIpc) is 3.49. The number of anilines is 1. The van der Waals surface area contributed by atoms with Gasteiger partial charge in [0.15, 0.2) is 5.65 Å². The number of nitrogens with one attached hydrogen (secondary N) is 1. The van der Waals surface area contributed by atoms with Crippen LogP contribution in [0.4, 0.5) is 5.82 Å². The van der Waals surface area contributed by atoms with Gasteiger partial charge < -0.3 is 5.32 Å². The molecule has 1 fully saturated rings. The predicted octanol–water partition coefficient (Wildman–Crippen LogP) is 4.76. The number of aromatic nitrogens is 3. The Labute approximate surface area is 163 Å². The molecule has 2 aromatic carbocycles. The molecule has 0 radical (unpaired) electrons. The minimum Gasteiger partial charge on any atom is -0.366 e. The highest BCUT2D eigenvalue weighted by Crippen LogP contribution is 2.39. The zero-order valence-electron chi connectivity index (χ0n) is 15.3. The van der Waals surface area contributed by atoms with E-state index in [0.717, 1.165) is 28.3 Å². The molecule has 0 aliphatic heterocycles. The van der Waals surface area contributed by atoms with Gasteiger partial charge in [-0.25, -0.2) is 4.98 Å². The number of benzene rings is 2. The Morgan fingerprint density at radius 2 is 1.89 bits per heavy atom. The number of fused-ring (bicyclic) bond motifs is 1. The van der Waals surface area contributed by atoms with Crippen LogP contribution in [0.5, 0.6) is 0 Å². The highest BCUT2D eigenvalue weighted by molar-refractivity contribution is 5.70.